The van der Waals surface area contributed by atoms with E-state index in [9.17, 15) is 22.8 Å². The Kier molecular flexibility index (Phi) is 4.28. The summed E-state index contributed by atoms with van der Waals surface area (Å²) in [6.45, 7) is 3.02. The van der Waals surface area contributed by atoms with Crippen molar-refractivity contribution in [3.63, 3.8) is 0 Å². The number of nitrogens with one attached hydrogen (secondary N) is 1. The van der Waals surface area contributed by atoms with Crippen molar-refractivity contribution in [3.8, 4) is 0 Å². The van der Waals surface area contributed by atoms with Crippen molar-refractivity contribution in [1.82, 2.24) is 20.0 Å². The van der Waals surface area contributed by atoms with Crippen LogP contribution in [0, 0.1) is 13.8 Å². The molecule has 0 aromatic carbocycles. The van der Waals surface area contributed by atoms with Crippen LogP contribution in [0.4, 0.5) is 13.2 Å². The van der Waals surface area contributed by atoms with Gasteiger partial charge in [-0.1, -0.05) is 0 Å². The largest absolute Gasteiger partial charge is 0.408 e. The molecule has 2 amide bonds. The number of carbonyl (C=O) groups is 2. The molecule has 2 aliphatic heterocycles. The molecule has 2 saturated heterocycles. The maximum atomic E-state index is 12.6. The summed E-state index contributed by atoms with van der Waals surface area (Å²) in [5, 5.41) is 6.88. The van der Waals surface area contributed by atoms with Gasteiger partial charge in [-0.2, -0.15) is 18.3 Å². The Morgan fingerprint density at radius 1 is 1.32 bits per heavy atom. The zero-order valence-corrected chi connectivity index (χ0v) is 14.2. The fraction of sp³-hybridized carbons (Fsp3) is 0.688. The van der Waals surface area contributed by atoms with Crippen LogP contribution in [0.25, 0.3) is 0 Å². The SMILES string of the molecule is Cc1nn(CC(F)(F)F)c(C)c1CC(=O)N1CCC2(CCC(=O)N2)C1. The van der Waals surface area contributed by atoms with E-state index in [1.807, 2.05) is 0 Å². The number of hydrogen-bond donors (Lipinski definition) is 1. The summed E-state index contributed by atoms with van der Waals surface area (Å²) in [7, 11) is 0. The number of likely N-dealkylation sites (tertiary alicyclic amines) is 1. The van der Waals surface area contributed by atoms with Crippen LogP contribution in [0.2, 0.25) is 0 Å². The first-order valence-corrected chi connectivity index (χ1v) is 8.27. The monoisotopic (exact) mass is 358 g/mol. The van der Waals surface area contributed by atoms with Gasteiger partial charge in [0.2, 0.25) is 11.8 Å². The highest BCUT2D eigenvalue weighted by Crippen LogP contribution is 2.31. The molecule has 9 heteroatoms. The van der Waals surface area contributed by atoms with Gasteiger partial charge in [-0.15, -0.1) is 0 Å². The van der Waals surface area contributed by atoms with Crippen molar-refractivity contribution in [2.24, 2.45) is 0 Å². The molecule has 1 spiro atoms. The molecule has 0 saturated carbocycles. The van der Waals surface area contributed by atoms with Gasteiger partial charge in [0.25, 0.3) is 0 Å². The molecule has 25 heavy (non-hydrogen) atoms. The number of halogens is 3. The Morgan fingerprint density at radius 3 is 2.64 bits per heavy atom. The van der Waals surface area contributed by atoms with Gasteiger partial charge >= 0.3 is 6.18 Å². The standard InChI is InChI=1S/C16H21F3N4O2/c1-10-12(11(2)23(21-10)9-16(17,18)19)7-14(25)22-6-5-15(8-22)4-3-13(24)20-15/h3-9H2,1-2H3,(H,20,24). The first-order chi connectivity index (χ1) is 11.6. The predicted octanol–water partition coefficient (Wildman–Crippen LogP) is 1.49. The number of hydrogen-bond acceptors (Lipinski definition) is 3. The van der Waals surface area contributed by atoms with Crippen LogP contribution < -0.4 is 5.32 Å². The molecule has 6 nitrogen and oxygen atoms in total. The molecule has 0 bridgehead atoms. The summed E-state index contributed by atoms with van der Waals surface area (Å²) < 4.78 is 38.7. The molecule has 1 aromatic heterocycles. The number of rotatable bonds is 3. The quantitative estimate of drug-likeness (QED) is 0.890. The lowest BCUT2D eigenvalue weighted by Gasteiger charge is -2.24. The van der Waals surface area contributed by atoms with E-state index in [1.54, 1.807) is 18.7 Å². The Hall–Kier alpha value is -2.06. The summed E-state index contributed by atoms with van der Waals surface area (Å²) in [5.74, 6) is -0.134. The average molecular weight is 358 g/mol. The molecule has 2 aliphatic rings. The van der Waals surface area contributed by atoms with Crippen LogP contribution >= 0.6 is 0 Å². The topological polar surface area (TPSA) is 67.2 Å². The maximum absolute atomic E-state index is 12.6. The summed E-state index contributed by atoms with van der Waals surface area (Å²) >= 11 is 0. The lowest BCUT2D eigenvalue weighted by Crippen LogP contribution is -2.45. The molecule has 0 aliphatic carbocycles. The minimum atomic E-state index is -4.35. The minimum absolute atomic E-state index is 0.00872. The van der Waals surface area contributed by atoms with Gasteiger partial charge in [0.15, 0.2) is 0 Å². The zero-order valence-electron chi connectivity index (χ0n) is 14.2. The average Bonchev–Trinajstić information content (AvgIpc) is 3.14. The molecule has 3 heterocycles. The molecule has 2 fully saturated rings. The van der Waals surface area contributed by atoms with Crippen molar-refractivity contribution in [1.29, 1.82) is 0 Å². The molecule has 138 valence electrons. The molecular weight excluding hydrogens is 337 g/mol. The smallest absolute Gasteiger partial charge is 0.349 e. The van der Waals surface area contributed by atoms with Gasteiger partial charge in [-0.25, -0.2) is 0 Å². The lowest BCUT2D eigenvalue weighted by atomic mass is 9.97. The van der Waals surface area contributed by atoms with E-state index in [1.165, 1.54) is 0 Å². The van der Waals surface area contributed by atoms with Crippen LogP contribution in [0.15, 0.2) is 0 Å². The van der Waals surface area contributed by atoms with Gasteiger partial charge in [-0.3, -0.25) is 14.3 Å². The Balaban J connectivity index is 1.69. The molecule has 0 radical (unpaired) electrons. The summed E-state index contributed by atoms with van der Waals surface area (Å²) in [6, 6.07) is 0. The van der Waals surface area contributed by atoms with Gasteiger partial charge in [0, 0.05) is 30.8 Å². The number of amides is 2. The Bertz CT molecular complexity index is 713. The third-order valence-corrected chi connectivity index (χ3v) is 5.13. The van der Waals surface area contributed by atoms with Crippen LogP contribution in [0.5, 0.6) is 0 Å². The second-order valence-corrected chi connectivity index (χ2v) is 6.99. The zero-order chi connectivity index (χ0) is 18.4. The van der Waals surface area contributed by atoms with Crippen LogP contribution in [-0.2, 0) is 22.6 Å². The van der Waals surface area contributed by atoms with E-state index in [4.69, 9.17) is 0 Å². The number of alkyl halides is 3. The number of nitrogens with zero attached hydrogens (tertiary/aromatic N) is 3. The predicted molar refractivity (Wildman–Crippen MR) is 82.8 cm³/mol. The highest BCUT2D eigenvalue weighted by atomic mass is 19.4. The Morgan fingerprint density at radius 2 is 2.04 bits per heavy atom. The van der Waals surface area contributed by atoms with Gasteiger partial charge in [0.1, 0.15) is 6.54 Å². The maximum Gasteiger partial charge on any atom is 0.408 e. The minimum Gasteiger partial charge on any atom is -0.349 e. The van der Waals surface area contributed by atoms with Crippen LogP contribution in [0.3, 0.4) is 0 Å². The van der Waals surface area contributed by atoms with Crippen LogP contribution in [-0.4, -0.2) is 51.3 Å². The summed E-state index contributed by atoms with van der Waals surface area (Å²) in [5.41, 5.74) is 1.03. The van der Waals surface area contributed by atoms with E-state index in [0.717, 1.165) is 17.5 Å². The van der Waals surface area contributed by atoms with E-state index < -0.39 is 12.7 Å². The van der Waals surface area contributed by atoms with E-state index in [2.05, 4.69) is 10.4 Å². The van der Waals surface area contributed by atoms with E-state index >= 15 is 0 Å². The van der Waals surface area contributed by atoms with Crippen molar-refractivity contribution >= 4 is 11.8 Å². The molecule has 1 atom stereocenters. The van der Waals surface area contributed by atoms with Gasteiger partial charge < -0.3 is 10.2 Å². The summed E-state index contributed by atoms with van der Waals surface area (Å²) in [6.07, 6.45) is -2.41. The van der Waals surface area contributed by atoms with E-state index in [0.29, 0.717) is 36.5 Å². The van der Waals surface area contributed by atoms with Crippen molar-refractivity contribution in [3.05, 3.63) is 17.0 Å². The second-order valence-electron chi connectivity index (χ2n) is 6.99. The first kappa shape index (κ1) is 17.8. The van der Waals surface area contributed by atoms with Gasteiger partial charge in [-0.05, 0) is 26.7 Å². The normalized spacial score (nSPS) is 23.6. The molecular formula is C16H21F3N4O2. The number of aromatic nitrogens is 2. The highest BCUT2D eigenvalue weighted by Gasteiger charge is 2.44. The van der Waals surface area contributed by atoms with E-state index in [-0.39, 0.29) is 23.8 Å². The Labute approximate surface area is 143 Å². The van der Waals surface area contributed by atoms with Gasteiger partial charge in [0.05, 0.1) is 17.7 Å². The molecule has 1 N–H and O–H groups in total. The second kappa shape index (κ2) is 6.03. The number of aryl methyl sites for hydroxylation is 1. The number of carbonyl (C=O) groups excluding carboxylic acids is 2. The fourth-order valence-corrected chi connectivity index (χ4v) is 3.74. The molecule has 1 aromatic rings. The van der Waals surface area contributed by atoms with Crippen molar-refractivity contribution < 1.29 is 22.8 Å². The first-order valence-electron chi connectivity index (χ1n) is 8.27. The van der Waals surface area contributed by atoms with Crippen molar-refractivity contribution in [2.75, 3.05) is 13.1 Å². The fourth-order valence-electron chi connectivity index (χ4n) is 3.74. The molecule has 1 unspecified atom stereocenters. The molecule has 3 rings (SSSR count). The highest BCUT2D eigenvalue weighted by molar-refractivity contribution is 5.82. The summed E-state index contributed by atoms with van der Waals surface area (Å²) in [4.78, 5) is 25.7. The lowest BCUT2D eigenvalue weighted by molar-refractivity contribution is -0.143. The van der Waals surface area contributed by atoms with Crippen LogP contribution in [0.1, 0.15) is 36.2 Å². The third-order valence-electron chi connectivity index (χ3n) is 5.13. The third kappa shape index (κ3) is 3.64. The van der Waals surface area contributed by atoms with Crippen molar-refractivity contribution in [2.45, 2.75) is 57.8 Å².